The van der Waals surface area contributed by atoms with Crippen molar-refractivity contribution in [2.45, 2.75) is 32.6 Å². The van der Waals surface area contributed by atoms with E-state index in [2.05, 4.69) is 0 Å². The number of carbonyl (C=O) groups excluding carboxylic acids is 3. The van der Waals surface area contributed by atoms with Gasteiger partial charge in [0.15, 0.2) is 0 Å². The Kier molecular flexibility index (Phi) is 5.50. The molecule has 2 rings (SSSR count). The summed E-state index contributed by atoms with van der Waals surface area (Å²) in [6.07, 6.45) is 4.13. The van der Waals surface area contributed by atoms with Crippen LogP contribution in [0.4, 0.5) is 0 Å². The lowest BCUT2D eigenvalue weighted by molar-refractivity contribution is -0.116. The number of carbonyl (C=O) groups is 3. The normalized spacial score (nSPS) is 14.5. The Morgan fingerprint density at radius 3 is 2.27 bits per heavy atom. The predicted octanol–water partition coefficient (Wildman–Crippen LogP) is 3.55. The van der Waals surface area contributed by atoms with Crippen molar-refractivity contribution in [3.63, 3.8) is 0 Å². The van der Waals surface area contributed by atoms with Crippen molar-refractivity contribution in [2.75, 3.05) is 6.54 Å². The number of hydrogen-bond donors (Lipinski definition) is 0. The first-order valence-electron chi connectivity index (χ1n) is 7.30. The number of hydrogen-bond acceptors (Lipinski definition) is 3. The summed E-state index contributed by atoms with van der Waals surface area (Å²) in [5.74, 6) is -0.346. The first-order valence-corrected chi connectivity index (χ1v) is 7.67. The van der Waals surface area contributed by atoms with Gasteiger partial charge in [-0.25, -0.2) is 0 Å². The minimum atomic E-state index is -0.239. The van der Waals surface area contributed by atoms with E-state index in [1.807, 2.05) is 6.08 Å². The van der Waals surface area contributed by atoms with E-state index >= 15 is 0 Å². The van der Waals surface area contributed by atoms with E-state index in [1.54, 1.807) is 31.2 Å². The minimum Gasteiger partial charge on any atom is -0.300 e. The molecule has 5 heteroatoms. The Bertz CT molecular complexity index is 602. The van der Waals surface area contributed by atoms with E-state index < -0.39 is 0 Å². The maximum absolute atomic E-state index is 12.1. The van der Waals surface area contributed by atoms with Gasteiger partial charge >= 0.3 is 0 Å². The molecule has 0 fully saturated rings. The van der Waals surface area contributed by atoms with Gasteiger partial charge in [0.05, 0.1) is 11.1 Å². The number of allylic oxidation sites excluding steroid dienone is 2. The van der Waals surface area contributed by atoms with Gasteiger partial charge in [0.2, 0.25) is 0 Å². The SMILES string of the molecule is CC(=O)CC/C=C(/Cl)CCCN1C(=O)c2ccccc2C1=O. The van der Waals surface area contributed by atoms with Crippen LogP contribution in [0, 0.1) is 0 Å². The highest BCUT2D eigenvalue weighted by Gasteiger charge is 2.34. The van der Waals surface area contributed by atoms with Crippen LogP contribution in [0.3, 0.4) is 0 Å². The zero-order valence-electron chi connectivity index (χ0n) is 12.5. The van der Waals surface area contributed by atoms with Gasteiger partial charge in [-0.05, 0) is 38.3 Å². The van der Waals surface area contributed by atoms with Crippen molar-refractivity contribution in [1.82, 2.24) is 4.90 Å². The van der Waals surface area contributed by atoms with Crippen LogP contribution in [0.25, 0.3) is 0 Å². The molecule has 0 bridgehead atoms. The molecule has 1 aliphatic heterocycles. The van der Waals surface area contributed by atoms with E-state index in [9.17, 15) is 14.4 Å². The summed E-state index contributed by atoms with van der Waals surface area (Å²) in [6.45, 7) is 1.90. The van der Waals surface area contributed by atoms with Crippen LogP contribution >= 0.6 is 11.6 Å². The molecule has 1 aromatic carbocycles. The smallest absolute Gasteiger partial charge is 0.261 e. The number of imide groups is 1. The average Bonchev–Trinajstić information content (AvgIpc) is 2.72. The lowest BCUT2D eigenvalue weighted by Gasteiger charge is -2.13. The molecule has 0 aromatic heterocycles. The second kappa shape index (κ2) is 7.36. The number of halogens is 1. The fraction of sp³-hybridized carbons (Fsp3) is 0.353. The highest BCUT2D eigenvalue weighted by Crippen LogP contribution is 2.23. The molecule has 0 atom stereocenters. The van der Waals surface area contributed by atoms with Crippen molar-refractivity contribution in [2.24, 2.45) is 0 Å². The number of nitrogens with zero attached hydrogens (tertiary/aromatic N) is 1. The van der Waals surface area contributed by atoms with Crippen molar-refractivity contribution in [3.05, 3.63) is 46.5 Å². The van der Waals surface area contributed by atoms with Gasteiger partial charge in [-0.3, -0.25) is 14.5 Å². The molecule has 0 radical (unpaired) electrons. The van der Waals surface area contributed by atoms with Gasteiger partial charge in [0, 0.05) is 18.0 Å². The second-order valence-electron chi connectivity index (χ2n) is 5.30. The van der Waals surface area contributed by atoms with Crippen LogP contribution in [-0.2, 0) is 4.79 Å². The molecule has 0 saturated carbocycles. The molecule has 1 heterocycles. The van der Waals surface area contributed by atoms with Gasteiger partial charge in [-0.2, -0.15) is 0 Å². The fourth-order valence-electron chi connectivity index (χ4n) is 2.38. The van der Waals surface area contributed by atoms with Gasteiger partial charge in [0.25, 0.3) is 11.8 Å². The summed E-state index contributed by atoms with van der Waals surface area (Å²) in [4.78, 5) is 36.4. The first-order chi connectivity index (χ1) is 10.5. The first kappa shape index (κ1) is 16.4. The minimum absolute atomic E-state index is 0.131. The zero-order valence-corrected chi connectivity index (χ0v) is 13.2. The summed E-state index contributed by atoms with van der Waals surface area (Å²) < 4.78 is 0. The standard InChI is InChI=1S/C17H18ClNO3/c1-12(20)6-4-7-13(18)8-5-11-19-16(21)14-9-2-3-10-15(14)17(19)22/h2-3,7,9-10H,4-6,8,11H2,1H3/b13-7+. The molecule has 0 spiro atoms. The van der Waals surface area contributed by atoms with E-state index in [0.717, 1.165) is 0 Å². The van der Waals surface area contributed by atoms with Gasteiger partial charge in [0.1, 0.15) is 5.78 Å². The van der Waals surface area contributed by atoms with Crippen molar-refractivity contribution in [3.8, 4) is 0 Å². The maximum atomic E-state index is 12.1. The third-order valence-corrected chi connectivity index (χ3v) is 3.88. The quantitative estimate of drug-likeness (QED) is 0.722. The molecule has 0 aliphatic carbocycles. The maximum Gasteiger partial charge on any atom is 0.261 e. The molecular weight excluding hydrogens is 302 g/mol. The third-order valence-electron chi connectivity index (χ3n) is 3.54. The Morgan fingerprint density at radius 1 is 1.14 bits per heavy atom. The molecule has 0 unspecified atom stereocenters. The summed E-state index contributed by atoms with van der Waals surface area (Å²) in [7, 11) is 0. The number of benzene rings is 1. The fourth-order valence-corrected chi connectivity index (χ4v) is 2.63. The molecule has 1 aromatic rings. The molecule has 0 N–H and O–H groups in total. The lowest BCUT2D eigenvalue weighted by Crippen LogP contribution is -2.30. The predicted molar refractivity (Wildman–Crippen MR) is 84.9 cm³/mol. The molecule has 116 valence electrons. The van der Waals surface area contributed by atoms with Gasteiger partial charge in [-0.15, -0.1) is 0 Å². The molecule has 2 amide bonds. The van der Waals surface area contributed by atoms with E-state index in [4.69, 9.17) is 11.6 Å². The van der Waals surface area contributed by atoms with Crippen LogP contribution in [0.2, 0.25) is 0 Å². The van der Waals surface area contributed by atoms with Crippen LogP contribution in [-0.4, -0.2) is 29.0 Å². The highest BCUT2D eigenvalue weighted by atomic mass is 35.5. The monoisotopic (exact) mass is 319 g/mol. The molecule has 0 saturated heterocycles. The van der Waals surface area contributed by atoms with Gasteiger partial charge < -0.3 is 4.79 Å². The number of ketones is 1. The van der Waals surface area contributed by atoms with E-state index in [1.165, 1.54) is 4.90 Å². The average molecular weight is 320 g/mol. The second-order valence-corrected chi connectivity index (χ2v) is 5.79. The summed E-state index contributed by atoms with van der Waals surface area (Å²) in [5, 5.41) is 0.665. The molecule has 22 heavy (non-hydrogen) atoms. The largest absolute Gasteiger partial charge is 0.300 e. The number of amides is 2. The molecule has 1 aliphatic rings. The third kappa shape index (κ3) is 3.83. The summed E-state index contributed by atoms with van der Waals surface area (Å²) in [5.41, 5.74) is 0.936. The van der Waals surface area contributed by atoms with Crippen LogP contribution in [0.15, 0.2) is 35.4 Å². The van der Waals surface area contributed by atoms with Crippen molar-refractivity contribution in [1.29, 1.82) is 0 Å². The Balaban J connectivity index is 1.85. The van der Waals surface area contributed by atoms with Crippen molar-refractivity contribution >= 4 is 29.2 Å². The Hall–Kier alpha value is -1.94. The topological polar surface area (TPSA) is 54.5 Å². The summed E-state index contributed by atoms with van der Waals surface area (Å²) >= 11 is 6.07. The van der Waals surface area contributed by atoms with Crippen LogP contribution in [0.5, 0.6) is 0 Å². The number of Topliss-reactive ketones (excluding diaryl/α,β-unsaturated/α-hetero) is 1. The highest BCUT2D eigenvalue weighted by molar-refractivity contribution is 6.29. The zero-order chi connectivity index (χ0) is 16.1. The number of fused-ring (bicyclic) bond motifs is 1. The number of rotatable bonds is 7. The lowest BCUT2D eigenvalue weighted by atomic mass is 10.1. The summed E-state index contributed by atoms with van der Waals surface area (Å²) in [6, 6.07) is 6.85. The van der Waals surface area contributed by atoms with E-state index in [0.29, 0.717) is 48.4 Å². The Morgan fingerprint density at radius 2 is 1.73 bits per heavy atom. The van der Waals surface area contributed by atoms with E-state index in [-0.39, 0.29) is 17.6 Å². The van der Waals surface area contributed by atoms with Gasteiger partial charge in [-0.1, -0.05) is 29.8 Å². The molecule has 4 nitrogen and oxygen atoms in total. The van der Waals surface area contributed by atoms with Crippen LogP contribution in [0.1, 0.15) is 53.3 Å². The van der Waals surface area contributed by atoms with Crippen LogP contribution < -0.4 is 0 Å². The van der Waals surface area contributed by atoms with Crippen molar-refractivity contribution < 1.29 is 14.4 Å². The Labute approximate surface area is 134 Å². The molecular formula is C17H18ClNO3.